The largest absolute Gasteiger partial charge is 0.493 e. The Kier molecular flexibility index (Phi) is 7.63. The topological polar surface area (TPSA) is 60.6 Å². The van der Waals surface area contributed by atoms with Gasteiger partial charge < -0.3 is 18.9 Å². The number of hydrogen-bond donors (Lipinski definition) is 0. The number of aromatic nitrogens is 2. The third kappa shape index (κ3) is 5.47. The van der Waals surface area contributed by atoms with Crippen molar-refractivity contribution in [1.82, 2.24) is 15.0 Å². The predicted molar refractivity (Wildman–Crippen MR) is 130 cm³/mol. The normalized spacial score (nSPS) is 19.5. The summed E-state index contributed by atoms with van der Waals surface area (Å²) in [6.07, 6.45) is 8.55. The number of halogens is 1. The van der Waals surface area contributed by atoms with Crippen LogP contribution in [0.4, 0.5) is 4.39 Å². The van der Waals surface area contributed by atoms with Gasteiger partial charge in [-0.25, -0.2) is 4.39 Å². The van der Waals surface area contributed by atoms with Gasteiger partial charge in [0.05, 0.1) is 14.2 Å². The van der Waals surface area contributed by atoms with E-state index in [1.807, 2.05) is 36.4 Å². The van der Waals surface area contributed by atoms with Crippen LogP contribution in [0.15, 0.2) is 53.1 Å². The zero-order chi connectivity index (χ0) is 24.1. The van der Waals surface area contributed by atoms with Gasteiger partial charge in [0, 0.05) is 11.6 Å². The molecule has 1 unspecified atom stereocenters. The third-order valence-electron chi connectivity index (χ3n) is 6.63. The summed E-state index contributed by atoms with van der Waals surface area (Å²) < 4.78 is 29.5. The number of methoxy groups -OCH3 is 2. The molecule has 7 heteroatoms. The number of rotatable bonds is 8. The molecule has 0 bridgehead atoms. The first-order valence-electron chi connectivity index (χ1n) is 11.6. The molecule has 0 saturated heterocycles. The van der Waals surface area contributed by atoms with E-state index < -0.39 is 0 Å². The molecule has 34 heavy (non-hydrogen) atoms. The van der Waals surface area contributed by atoms with Crippen molar-refractivity contribution in [3.8, 4) is 22.9 Å². The molecule has 0 amide bonds. The number of hydrogen-bond acceptors (Lipinski definition) is 6. The minimum absolute atomic E-state index is 0.189. The van der Waals surface area contributed by atoms with Crippen LogP contribution in [0.3, 0.4) is 0 Å². The number of ether oxygens (including phenoxy) is 2. The van der Waals surface area contributed by atoms with Crippen LogP contribution in [0, 0.1) is 17.7 Å². The van der Waals surface area contributed by atoms with Gasteiger partial charge in [0.25, 0.3) is 5.89 Å². The van der Waals surface area contributed by atoms with Crippen molar-refractivity contribution < 1.29 is 18.4 Å². The average molecular weight is 466 g/mol. The van der Waals surface area contributed by atoms with Crippen molar-refractivity contribution >= 4 is 6.08 Å². The van der Waals surface area contributed by atoms with Crippen LogP contribution in [-0.4, -0.2) is 43.4 Å². The molecular formula is C27H32FN3O3. The van der Waals surface area contributed by atoms with E-state index >= 15 is 0 Å². The average Bonchev–Trinajstić information content (AvgIpc) is 3.33. The molecule has 1 heterocycles. The first-order chi connectivity index (χ1) is 16.5. The Hall–Kier alpha value is -3.19. The van der Waals surface area contributed by atoms with E-state index in [0.29, 0.717) is 41.1 Å². The summed E-state index contributed by atoms with van der Waals surface area (Å²) >= 11 is 0. The fraction of sp³-hybridized carbons (Fsp3) is 0.407. The van der Waals surface area contributed by atoms with Gasteiger partial charge in [-0.1, -0.05) is 23.4 Å². The highest BCUT2D eigenvalue weighted by Crippen LogP contribution is 2.40. The summed E-state index contributed by atoms with van der Waals surface area (Å²) in [5, 5.41) is 4.11. The second-order valence-electron chi connectivity index (χ2n) is 9.02. The second-order valence-corrected chi connectivity index (χ2v) is 9.02. The van der Waals surface area contributed by atoms with Crippen LogP contribution in [-0.2, 0) is 0 Å². The van der Waals surface area contributed by atoms with Crippen molar-refractivity contribution in [3.63, 3.8) is 0 Å². The number of benzene rings is 2. The molecule has 0 radical (unpaired) electrons. The lowest BCUT2D eigenvalue weighted by Gasteiger charge is -2.37. The van der Waals surface area contributed by atoms with Crippen molar-refractivity contribution in [1.29, 1.82) is 0 Å². The highest BCUT2D eigenvalue weighted by Gasteiger charge is 2.29. The van der Waals surface area contributed by atoms with E-state index in [2.05, 4.69) is 35.2 Å². The lowest BCUT2D eigenvalue weighted by atomic mass is 9.76. The Morgan fingerprint density at radius 1 is 1.00 bits per heavy atom. The summed E-state index contributed by atoms with van der Waals surface area (Å²) in [6, 6.07) is 12.8. The van der Waals surface area contributed by atoms with Gasteiger partial charge in [-0.05, 0) is 93.6 Å². The van der Waals surface area contributed by atoms with E-state index in [9.17, 15) is 4.39 Å². The third-order valence-corrected chi connectivity index (χ3v) is 6.63. The lowest BCUT2D eigenvalue weighted by molar-refractivity contribution is 0.159. The van der Waals surface area contributed by atoms with Crippen LogP contribution < -0.4 is 9.47 Å². The van der Waals surface area contributed by atoms with Gasteiger partial charge in [0.2, 0.25) is 5.82 Å². The highest BCUT2D eigenvalue weighted by atomic mass is 19.1. The smallest absolute Gasteiger partial charge is 0.250 e. The standard InChI is InChI=1S/C27H32FN3O3/c1-31(2)26(20-10-13-22(28)14-11-20)19-8-5-18(6-9-19)7-16-25-29-27(30-34-25)21-12-15-23(32-3)24(17-21)33-4/h7,10-19,26H,5-6,8-9H2,1-4H3. The molecule has 3 aromatic rings. The van der Waals surface area contributed by atoms with Crippen LogP contribution >= 0.6 is 0 Å². The fourth-order valence-electron chi connectivity index (χ4n) is 4.92. The number of allylic oxidation sites excluding steroid dienone is 1. The minimum Gasteiger partial charge on any atom is -0.493 e. The molecule has 1 aliphatic carbocycles. The van der Waals surface area contributed by atoms with E-state index in [0.717, 1.165) is 31.2 Å². The first-order valence-corrected chi connectivity index (χ1v) is 11.6. The molecule has 0 N–H and O–H groups in total. The molecule has 0 aliphatic heterocycles. The summed E-state index contributed by atoms with van der Waals surface area (Å²) in [7, 11) is 7.41. The quantitative estimate of drug-likeness (QED) is 0.406. The van der Waals surface area contributed by atoms with Gasteiger partial charge in [0.15, 0.2) is 11.5 Å². The van der Waals surface area contributed by atoms with Gasteiger partial charge in [0.1, 0.15) is 5.82 Å². The Labute approximate surface area is 200 Å². The molecule has 1 aromatic heterocycles. The van der Waals surface area contributed by atoms with Crippen molar-refractivity contribution in [3.05, 3.63) is 65.8 Å². The zero-order valence-corrected chi connectivity index (χ0v) is 20.2. The SMILES string of the molecule is COc1ccc(-c2noc(C=CC3CCC(C(c4ccc(F)cc4)N(C)C)CC3)n2)cc1OC. The maximum atomic E-state index is 13.4. The molecule has 180 valence electrons. The Morgan fingerprint density at radius 2 is 1.71 bits per heavy atom. The Morgan fingerprint density at radius 3 is 2.35 bits per heavy atom. The summed E-state index contributed by atoms with van der Waals surface area (Å²) in [4.78, 5) is 6.76. The predicted octanol–water partition coefficient (Wildman–Crippen LogP) is 6.02. The Balaban J connectivity index is 1.37. The molecular weight excluding hydrogens is 433 g/mol. The molecule has 6 nitrogen and oxygen atoms in total. The van der Waals surface area contributed by atoms with Crippen molar-refractivity contribution in [2.45, 2.75) is 31.7 Å². The molecule has 2 aromatic carbocycles. The van der Waals surface area contributed by atoms with E-state index in [1.165, 1.54) is 5.56 Å². The molecule has 1 fully saturated rings. The van der Waals surface area contributed by atoms with Gasteiger partial charge in [-0.2, -0.15) is 4.98 Å². The molecule has 1 saturated carbocycles. The molecule has 1 atom stereocenters. The first kappa shape index (κ1) is 24.0. The van der Waals surface area contributed by atoms with Crippen LogP contribution in [0.1, 0.15) is 43.2 Å². The van der Waals surface area contributed by atoms with Gasteiger partial charge in [-0.15, -0.1) is 0 Å². The van der Waals surface area contributed by atoms with E-state index in [4.69, 9.17) is 14.0 Å². The van der Waals surface area contributed by atoms with Gasteiger partial charge >= 0.3 is 0 Å². The van der Waals surface area contributed by atoms with Crippen molar-refractivity contribution in [2.75, 3.05) is 28.3 Å². The monoisotopic (exact) mass is 465 g/mol. The Bertz CT molecular complexity index is 1100. The minimum atomic E-state index is -0.189. The van der Waals surface area contributed by atoms with Crippen LogP contribution in [0.25, 0.3) is 17.5 Å². The number of nitrogens with zero attached hydrogens (tertiary/aromatic N) is 3. The van der Waals surface area contributed by atoms with E-state index in [-0.39, 0.29) is 5.82 Å². The molecule has 0 spiro atoms. The molecule has 4 rings (SSSR count). The summed E-state index contributed by atoms with van der Waals surface area (Å²) in [5.41, 5.74) is 1.98. The summed E-state index contributed by atoms with van der Waals surface area (Å²) in [6.45, 7) is 0. The van der Waals surface area contributed by atoms with Gasteiger partial charge in [-0.3, -0.25) is 0 Å². The maximum absolute atomic E-state index is 13.4. The maximum Gasteiger partial charge on any atom is 0.250 e. The summed E-state index contributed by atoms with van der Waals surface area (Å²) in [5.74, 6) is 3.11. The van der Waals surface area contributed by atoms with Crippen LogP contribution in [0.2, 0.25) is 0 Å². The van der Waals surface area contributed by atoms with Crippen molar-refractivity contribution in [2.24, 2.45) is 11.8 Å². The zero-order valence-electron chi connectivity index (χ0n) is 20.2. The fourth-order valence-corrected chi connectivity index (χ4v) is 4.92. The van der Waals surface area contributed by atoms with E-state index in [1.54, 1.807) is 26.4 Å². The molecule has 1 aliphatic rings. The highest BCUT2D eigenvalue weighted by molar-refractivity contribution is 5.61. The second kappa shape index (κ2) is 10.8. The van der Waals surface area contributed by atoms with Crippen LogP contribution in [0.5, 0.6) is 11.5 Å². The lowest BCUT2D eigenvalue weighted by Crippen LogP contribution is -2.30.